The molecule has 0 spiro atoms. The van der Waals surface area contributed by atoms with E-state index in [0.717, 1.165) is 17.1 Å². The van der Waals surface area contributed by atoms with Crippen molar-refractivity contribution in [2.45, 2.75) is 12.7 Å². The number of rotatable bonds is 3. The standard InChI is InChI=1S/C12H14N4S/c1-8-6-11(16-12(13)14-8)15-10-4-2-9(7-17)3-5-10/h2-6,17H,7H2,1H3,(H3,13,14,15,16). The van der Waals surface area contributed by atoms with Gasteiger partial charge in [0.2, 0.25) is 5.95 Å². The zero-order valence-electron chi connectivity index (χ0n) is 9.51. The monoisotopic (exact) mass is 246 g/mol. The van der Waals surface area contributed by atoms with Crippen LogP contribution < -0.4 is 11.1 Å². The summed E-state index contributed by atoms with van der Waals surface area (Å²) in [4.78, 5) is 8.13. The average Bonchev–Trinajstić information content (AvgIpc) is 2.28. The van der Waals surface area contributed by atoms with E-state index in [4.69, 9.17) is 5.73 Å². The van der Waals surface area contributed by atoms with Crippen molar-refractivity contribution < 1.29 is 0 Å². The SMILES string of the molecule is Cc1cc(Nc2ccc(CS)cc2)nc(N)n1. The smallest absolute Gasteiger partial charge is 0.222 e. The molecule has 1 aromatic heterocycles. The van der Waals surface area contributed by atoms with Gasteiger partial charge in [0.25, 0.3) is 0 Å². The third-order valence-electron chi connectivity index (χ3n) is 2.28. The van der Waals surface area contributed by atoms with Crippen molar-refractivity contribution in [3.8, 4) is 0 Å². The molecule has 17 heavy (non-hydrogen) atoms. The van der Waals surface area contributed by atoms with E-state index in [2.05, 4.69) is 27.9 Å². The molecule has 3 N–H and O–H groups in total. The van der Waals surface area contributed by atoms with Gasteiger partial charge in [-0.25, -0.2) is 4.98 Å². The van der Waals surface area contributed by atoms with Crippen molar-refractivity contribution in [3.05, 3.63) is 41.6 Å². The first-order chi connectivity index (χ1) is 8.17. The fraction of sp³-hybridized carbons (Fsp3) is 0.167. The van der Waals surface area contributed by atoms with Crippen molar-refractivity contribution in [1.82, 2.24) is 9.97 Å². The number of nitrogen functional groups attached to an aromatic ring is 1. The third kappa shape index (κ3) is 3.10. The molecule has 0 saturated carbocycles. The van der Waals surface area contributed by atoms with E-state index in [0.29, 0.717) is 5.82 Å². The highest BCUT2D eigenvalue weighted by molar-refractivity contribution is 7.79. The molecule has 2 rings (SSSR count). The summed E-state index contributed by atoms with van der Waals surface area (Å²) in [6, 6.07) is 9.86. The second kappa shape index (κ2) is 5.05. The Morgan fingerprint density at radius 2 is 1.94 bits per heavy atom. The molecule has 5 heteroatoms. The molecule has 0 aliphatic carbocycles. The summed E-state index contributed by atoms with van der Waals surface area (Å²) >= 11 is 4.21. The molecular formula is C12H14N4S. The molecule has 0 fully saturated rings. The quantitative estimate of drug-likeness (QED) is 0.728. The first-order valence-electron chi connectivity index (χ1n) is 5.25. The van der Waals surface area contributed by atoms with Crippen molar-refractivity contribution in [2.75, 3.05) is 11.1 Å². The number of nitrogens with zero attached hydrogens (tertiary/aromatic N) is 2. The Hall–Kier alpha value is -1.75. The van der Waals surface area contributed by atoms with Crippen LogP contribution >= 0.6 is 12.6 Å². The first kappa shape index (κ1) is 11.7. The van der Waals surface area contributed by atoms with Gasteiger partial charge in [0, 0.05) is 23.2 Å². The molecule has 2 aromatic rings. The van der Waals surface area contributed by atoms with E-state index in [-0.39, 0.29) is 5.95 Å². The van der Waals surface area contributed by atoms with Gasteiger partial charge in [-0.1, -0.05) is 12.1 Å². The van der Waals surface area contributed by atoms with Crippen LogP contribution in [0, 0.1) is 6.92 Å². The molecule has 4 nitrogen and oxygen atoms in total. The summed E-state index contributed by atoms with van der Waals surface area (Å²) < 4.78 is 0. The van der Waals surface area contributed by atoms with Crippen LogP contribution in [0.1, 0.15) is 11.3 Å². The van der Waals surface area contributed by atoms with Crippen LogP contribution in [0.3, 0.4) is 0 Å². The summed E-state index contributed by atoms with van der Waals surface area (Å²) in [6.07, 6.45) is 0. The normalized spacial score (nSPS) is 10.2. The van der Waals surface area contributed by atoms with Gasteiger partial charge in [-0.2, -0.15) is 17.6 Å². The van der Waals surface area contributed by atoms with E-state index >= 15 is 0 Å². The summed E-state index contributed by atoms with van der Waals surface area (Å²) in [5.74, 6) is 1.72. The molecule has 1 aromatic carbocycles. The van der Waals surface area contributed by atoms with E-state index < -0.39 is 0 Å². The molecule has 0 atom stereocenters. The van der Waals surface area contributed by atoms with Gasteiger partial charge in [-0.3, -0.25) is 0 Å². The molecule has 0 amide bonds. The minimum absolute atomic E-state index is 0.277. The molecule has 88 valence electrons. The van der Waals surface area contributed by atoms with E-state index in [1.165, 1.54) is 5.56 Å². The van der Waals surface area contributed by atoms with Crippen molar-refractivity contribution >= 4 is 30.1 Å². The summed E-state index contributed by atoms with van der Waals surface area (Å²) in [5, 5.41) is 3.18. The number of aryl methyl sites for hydroxylation is 1. The molecule has 0 radical (unpaired) electrons. The molecule has 0 bridgehead atoms. The summed E-state index contributed by atoms with van der Waals surface area (Å²) in [6.45, 7) is 1.88. The Balaban J connectivity index is 2.19. The van der Waals surface area contributed by atoms with Crippen molar-refractivity contribution in [1.29, 1.82) is 0 Å². The fourth-order valence-corrected chi connectivity index (χ4v) is 1.71. The molecular weight excluding hydrogens is 232 g/mol. The minimum Gasteiger partial charge on any atom is -0.368 e. The highest BCUT2D eigenvalue weighted by Gasteiger charge is 2.00. The lowest BCUT2D eigenvalue weighted by Crippen LogP contribution is -2.01. The van der Waals surface area contributed by atoms with Crippen LogP contribution in [0.5, 0.6) is 0 Å². The number of benzene rings is 1. The second-order valence-electron chi connectivity index (χ2n) is 3.73. The lowest BCUT2D eigenvalue weighted by atomic mass is 10.2. The van der Waals surface area contributed by atoms with Gasteiger partial charge in [0.15, 0.2) is 0 Å². The Labute approximate surface area is 106 Å². The molecule has 0 unspecified atom stereocenters. The highest BCUT2D eigenvalue weighted by Crippen LogP contribution is 2.17. The largest absolute Gasteiger partial charge is 0.368 e. The minimum atomic E-state index is 0.277. The van der Waals surface area contributed by atoms with Crippen LogP contribution in [-0.4, -0.2) is 9.97 Å². The average molecular weight is 246 g/mol. The number of hydrogen-bond acceptors (Lipinski definition) is 5. The molecule has 0 aliphatic rings. The maximum absolute atomic E-state index is 5.59. The lowest BCUT2D eigenvalue weighted by Gasteiger charge is -2.07. The fourth-order valence-electron chi connectivity index (χ4n) is 1.50. The van der Waals surface area contributed by atoms with Crippen molar-refractivity contribution in [2.24, 2.45) is 0 Å². The summed E-state index contributed by atoms with van der Waals surface area (Å²) in [5.41, 5.74) is 8.57. The Kier molecular flexibility index (Phi) is 3.49. The Morgan fingerprint density at radius 1 is 1.24 bits per heavy atom. The first-order valence-corrected chi connectivity index (χ1v) is 5.88. The summed E-state index contributed by atoms with van der Waals surface area (Å²) in [7, 11) is 0. The van der Waals surface area contributed by atoms with E-state index in [1.807, 2.05) is 37.3 Å². The Morgan fingerprint density at radius 3 is 2.53 bits per heavy atom. The van der Waals surface area contributed by atoms with Crippen LogP contribution in [0.15, 0.2) is 30.3 Å². The number of aromatic nitrogens is 2. The lowest BCUT2D eigenvalue weighted by molar-refractivity contribution is 1.12. The second-order valence-corrected chi connectivity index (χ2v) is 4.05. The number of nitrogens with two attached hydrogens (primary N) is 1. The van der Waals surface area contributed by atoms with Crippen molar-refractivity contribution in [3.63, 3.8) is 0 Å². The van der Waals surface area contributed by atoms with Gasteiger partial charge < -0.3 is 11.1 Å². The maximum atomic E-state index is 5.59. The number of thiol groups is 1. The van der Waals surface area contributed by atoms with Crippen LogP contribution in [0.25, 0.3) is 0 Å². The van der Waals surface area contributed by atoms with Gasteiger partial charge in [-0.15, -0.1) is 0 Å². The van der Waals surface area contributed by atoms with Gasteiger partial charge in [0.1, 0.15) is 5.82 Å². The number of anilines is 3. The maximum Gasteiger partial charge on any atom is 0.222 e. The number of nitrogens with one attached hydrogen (secondary N) is 1. The Bertz CT molecular complexity index is 490. The van der Waals surface area contributed by atoms with Gasteiger partial charge in [0.05, 0.1) is 0 Å². The van der Waals surface area contributed by atoms with Crippen LogP contribution in [0.4, 0.5) is 17.5 Å². The number of hydrogen-bond donors (Lipinski definition) is 3. The van der Waals surface area contributed by atoms with Crippen LogP contribution in [0.2, 0.25) is 0 Å². The third-order valence-corrected chi connectivity index (χ3v) is 2.65. The van der Waals surface area contributed by atoms with Crippen LogP contribution in [-0.2, 0) is 5.75 Å². The predicted octanol–water partition coefficient (Wildman–Crippen LogP) is 2.54. The zero-order chi connectivity index (χ0) is 12.3. The molecule has 1 heterocycles. The highest BCUT2D eigenvalue weighted by atomic mass is 32.1. The van der Waals surface area contributed by atoms with Gasteiger partial charge >= 0.3 is 0 Å². The zero-order valence-corrected chi connectivity index (χ0v) is 10.4. The van der Waals surface area contributed by atoms with Gasteiger partial charge in [-0.05, 0) is 24.6 Å². The topological polar surface area (TPSA) is 63.8 Å². The van der Waals surface area contributed by atoms with E-state index in [9.17, 15) is 0 Å². The van der Waals surface area contributed by atoms with E-state index in [1.54, 1.807) is 0 Å². The predicted molar refractivity (Wildman–Crippen MR) is 73.6 cm³/mol. The molecule has 0 aliphatic heterocycles. The molecule has 0 saturated heterocycles.